The van der Waals surface area contributed by atoms with E-state index < -0.39 is 5.94 Å². The van der Waals surface area contributed by atoms with Crippen LogP contribution in [0.1, 0.15) is 13.8 Å². The van der Waals surface area contributed by atoms with Crippen molar-refractivity contribution in [1.29, 1.82) is 0 Å². The van der Waals surface area contributed by atoms with Crippen LogP contribution in [0.5, 0.6) is 0 Å². The van der Waals surface area contributed by atoms with Gasteiger partial charge in [-0.25, -0.2) is 0 Å². The zero-order valence-corrected chi connectivity index (χ0v) is 5.39. The molecule has 0 amide bonds. The van der Waals surface area contributed by atoms with E-state index in [-0.39, 0.29) is 12.0 Å². The van der Waals surface area contributed by atoms with E-state index in [1.165, 1.54) is 0 Å². The summed E-state index contributed by atoms with van der Waals surface area (Å²) >= 11 is 0. The molecule has 8 heavy (non-hydrogen) atoms. The zero-order chi connectivity index (χ0) is 6.78. The second-order valence-electron chi connectivity index (χ2n) is 2.67. The van der Waals surface area contributed by atoms with Gasteiger partial charge in [0.2, 0.25) is 0 Å². The van der Waals surface area contributed by atoms with Gasteiger partial charge in [-0.1, -0.05) is 13.8 Å². The molecule has 0 fully saturated rings. The van der Waals surface area contributed by atoms with Crippen LogP contribution < -0.4 is 5.73 Å². The average Bonchev–Trinajstić information content (AvgIpc) is 1.67. The molecule has 0 aromatic heterocycles. The first-order valence-electron chi connectivity index (χ1n) is 2.63. The Morgan fingerprint density at radius 2 is 2.12 bits per heavy atom. The lowest BCUT2D eigenvalue weighted by Gasteiger charge is -2.26. The number of nitrogens with two attached hydrogens (primary N) is 1. The SMILES string of the molecule is [B]C(N)C(C)(C)CO. The van der Waals surface area contributed by atoms with Crippen LogP contribution in [-0.2, 0) is 0 Å². The maximum absolute atomic E-state index is 8.60. The quantitative estimate of drug-likeness (QED) is 0.472. The average molecular weight is 113 g/mol. The third-order valence-corrected chi connectivity index (χ3v) is 1.31. The molecule has 0 aliphatic heterocycles. The molecular weight excluding hydrogens is 101 g/mol. The van der Waals surface area contributed by atoms with E-state index in [1.54, 1.807) is 0 Å². The van der Waals surface area contributed by atoms with E-state index in [1.807, 2.05) is 13.8 Å². The second kappa shape index (κ2) is 2.51. The Labute approximate surface area is 51.5 Å². The van der Waals surface area contributed by atoms with Crippen LogP contribution in [0.3, 0.4) is 0 Å². The van der Waals surface area contributed by atoms with E-state index in [2.05, 4.69) is 0 Å². The third kappa shape index (κ3) is 1.84. The minimum Gasteiger partial charge on any atom is -0.396 e. The van der Waals surface area contributed by atoms with Crippen molar-refractivity contribution in [3.8, 4) is 0 Å². The number of aliphatic hydroxyl groups is 1. The first kappa shape index (κ1) is 7.98. The Morgan fingerprint density at radius 1 is 1.75 bits per heavy atom. The standard InChI is InChI=1S/C5H12BNO/c1-5(2,3-8)4(6)7/h4,8H,3,7H2,1-2H3. The van der Waals surface area contributed by atoms with Crippen molar-refractivity contribution in [2.24, 2.45) is 11.1 Å². The van der Waals surface area contributed by atoms with Gasteiger partial charge in [0.15, 0.2) is 0 Å². The molecule has 0 aliphatic carbocycles. The van der Waals surface area contributed by atoms with Crippen LogP contribution in [0.15, 0.2) is 0 Å². The molecule has 0 aliphatic rings. The Bertz CT molecular complexity index is 72.8. The lowest BCUT2D eigenvalue weighted by atomic mass is 9.74. The Morgan fingerprint density at radius 3 is 2.12 bits per heavy atom. The van der Waals surface area contributed by atoms with Crippen molar-refractivity contribution in [2.75, 3.05) is 6.61 Å². The van der Waals surface area contributed by atoms with Gasteiger partial charge in [-0.15, -0.1) is 0 Å². The summed E-state index contributed by atoms with van der Waals surface area (Å²) in [6.45, 7) is 3.67. The topological polar surface area (TPSA) is 46.2 Å². The number of rotatable bonds is 2. The minimum atomic E-state index is -0.438. The van der Waals surface area contributed by atoms with Gasteiger partial charge in [-0.05, 0) is 11.4 Å². The fraction of sp³-hybridized carbons (Fsp3) is 1.00. The predicted molar refractivity (Wildman–Crippen MR) is 34.6 cm³/mol. The molecule has 0 saturated carbocycles. The molecule has 3 heteroatoms. The fourth-order valence-corrected chi connectivity index (χ4v) is 0.105. The Hall–Kier alpha value is -0.0151. The van der Waals surface area contributed by atoms with Gasteiger partial charge in [-0.2, -0.15) is 0 Å². The summed E-state index contributed by atoms with van der Waals surface area (Å²) in [6.07, 6.45) is 0. The summed E-state index contributed by atoms with van der Waals surface area (Å²) in [4.78, 5) is 0. The van der Waals surface area contributed by atoms with Crippen LogP contribution in [-0.4, -0.2) is 25.5 Å². The van der Waals surface area contributed by atoms with E-state index in [9.17, 15) is 0 Å². The van der Waals surface area contributed by atoms with E-state index >= 15 is 0 Å². The molecule has 0 aromatic rings. The van der Waals surface area contributed by atoms with E-state index in [0.717, 1.165) is 0 Å². The summed E-state index contributed by atoms with van der Waals surface area (Å²) in [5, 5.41) is 8.60. The van der Waals surface area contributed by atoms with Crippen molar-refractivity contribution in [1.82, 2.24) is 0 Å². The van der Waals surface area contributed by atoms with Crippen molar-refractivity contribution in [3.05, 3.63) is 0 Å². The Balaban J connectivity index is 3.71. The van der Waals surface area contributed by atoms with Crippen molar-refractivity contribution in [2.45, 2.75) is 19.8 Å². The van der Waals surface area contributed by atoms with Gasteiger partial charge in [0.25, 0.3) is 0 Å². The van der Waals surface area contributed by atoms with Gasteiger partial charge in [0.1, 0.15) is 0 Å². The first-order valence-corrected chi connectivity index (χ1v) is 2.63. The van der Waals surface area contributed by atoms with Crippen LogP contribution in [0, 0.1) is 5.41 Å². The minimum absolute atomic E-state index is 0.0324. The van der Waals surface area contributed by atoms with E-state index in [0.29, 0.717) is 0 Å². The molecule has 0 rings (SSSR count). The molecule has 0 saturated heterocycles. The van der Waals surface area contributed by atoms with Gasteiger partial charge in [0.05, 0.1) is 7.85 Å². The molecule has 2 nitrogen and oxygen atoms in total. The van der Waals surface area contributed by atoms with Gasteiger partial charge in [0, 0.05) is 6.61 Å². The second-order valence-corrected chi connectivity index (χ2v) is 2.67. The largest absolute Gasteiger partial charge is 0.396 e. The number of aliphatic hydroxyl groups excluding tert-OH is 1. The lowest BCUT2D eigenvalue weighted by Crippen LogP contribution is -2.40. The Kier molecular flexibility index (Phi) is 2.50. The zero-order valence-electron chi connectivity index (χ0n) is 5.39. The normalized spacial score (nSPS) is 16.0. The van der Waals surface area contributed by atoms with Crippen LogP contribution >= 0.6 is 0 Å². The van der Waals surface area contributed by atoms with Crippen molar-refractivity contribution >= 4 is 7.85 Å². The molecule has 0 bridgehead atoms. The van der Waals surface area contributed by atoms with Crippen LogP contribution in [0.25, 0.3) is 0 Å². The number of hydrogen-bond donors (Lipinski definition) is 2. The molecule has 2 radical (unpaired) electrons. The van der Waals surface area contributed by atoms with Gasteiger partial charge >= 0.3 is 0 Å². The summed E-state index contributed by atoms with van der Waals surface area (Å²) < 4.78 is 0. The van der Waals surface area contributed by atoms with Crippen LogP contribution in [0.4, 0.5) is 0 Å². The first-order chi connectivity index (χ1) is 3.50. The smallest absolute Gasteiger partial charge is 0.0911 e. The maximum atomic E-state index is 8.60. The summed E-state index contributed by atoms with van der Waals surface area (Å²) in [7, 11) is 5.30. The van der Waals surface area contributed by atoms with Crippen molar-refractivity contribution < 1.29 is 5.11 Å². The molecule has 1 atom stereocenters. The summed E-state index contributed by atoms with van der Waals surface area (Å²) in [5.74, 6) is -0.438. The highest BCUT2D eigenvalue weighted by molar-refractivity contribution is 6.12. The third-order valence-electron chi connectivity index (χ3n) is 1.31. The molecule has 46 valence electrons. The molecule has 0 aromatic carbocycles. The highest BCUT2D eigenvalue weighted by Crippen LogP contribution is 2.14. The molecule has 3 N–H and O–H groups in total. The summed E-state index contributed by atoms with van der Waals surface area (Å²) in [5.41, 5.74) is 4.95. The monoisotopic (exact) mass is 113 g/mol. The van der Waals surface area contributed by atoms with E-state index in [4.69, 9.17) is 18.7 Å². The van der Waals surface area contributed by atoms with Gasteiger partial charge < -0.3 is 10.8 Å². The molecule has 0 heterocycles. The highest BCUT2D eigenvalue weighted by Gasteiger charge is 2.20. The summed E-state index contributed by atoms with van der Waals surface area (Å²) in [6, 6.07) is 0. The van der Waals surface area contributed by atoms with Crippen molar-refractivity contribution in [3.63, 3.8) is 0 Å². The maximum Gasteiger partial charge on any atom is 0.0911 e. The lowest BCUT2D eigenvalue weighted by molar-refractivity contribution is 0.156. The number of hydrogen-bond acceptors (Lipinski definition) is 2. The van der Waals surface area contributed by atoms with Crippen LogP contribution in [0.2, 0.25) is 0 Å². The molecular formula is C5H12BNO. The highest BCUT2D eigenvalue weighted by atomic mass is 16.3. The fourth-order valence-electron chi connectivity index (χ4n) is 0.105. The molecule has 0 spiro atoms. The van der Waals surface area contributed by atoms with Gasteiger partial charge in [-0.3, -0.25) is 0 Å². The predicted octanol–water partition coefficient (Wildman–Crippen LogP) is -0.542. The molecule has 1 unspecified atom stereocenters.